The zero-order chi connectivity index (χ0) is 23.2. The number of nitrogens with zero attached hydrogens (tertiary/aromatic N) is 4. The average molecular weight is 456 g/mol. The molecular formula is C22H25FN6O4. The summed E-state index contributed by atoms with van der Waals surface area (Å²) in [6.07, 6.45) is 3.97. The van der Waals surface area contributed by atoms with Gasteiger partial charge in [-0.05, 0) is 49.2 Å². The molecule has 1 aliphatic carbocycles. The van der Waals surface area contributed by atoms with E-state index in [1.807, 2.05) is 0 Å². The summed E-state index contributed by atoms with van der Waals surface area (Å²) < 4.78 is 23.6. The molecule has 4 rings (SSSR count). The monoisotopic (exact) mass is 456 g/mol. The standard InChI is InChI=1S/C22H25FN6O4/c1-32-22(31)28-19-10-9-18(29-24-11-12-25-29)20(27-19)21(30)26-17-4-2-3-14(17)13-33-16-7-5-15(23)6-8-16/h5-12,14,17,21,26,30H,2-4,13H2,1H3,(H,27,28,31)/t14-,17+,21?/m1/s1. The van der Waals surface area contributed by atoms with Gasteiger partial charge in [0.15, 0.2) is 6.23 Å². The first-order valence-corrected chi connectivity index (χ1v) is 10.6. The van der Waals surface area contributed by atoms with Crippen LogP contribution < -0.4 is 15.4 Å². The molecule has 10 nitrogen and oxygen atoms in total. The van der Waals surface area contributed by atoms with Crippen LogP contribution in [0.3, 0.4) is 0 Å². The Labute approximate surface area is 189 Å². The van der Waals surface area contributed by atoms with Gasteiger partial charge in [-0.2, -0.15) is 10.2 Å². The van der Waals surface area contributed by atoms with Gasteiger partial charge in [0, 0.05) is 12.0 Å². The predicted molar refractivity (Wildman–Crippen MR) is 116 cm³/mol. The van der Waals surface area contributed by atoms with E-state index in [1.54, 1.807) is 24.3 Å². The zero-order valence-corrected chi connectivity index (χ0v) is 18.0. The van der Waals surface area contributed by atoms with Crippen molar-refractivity contribution in [1.82, 2.24) is 25.3 Å². The van der Waals surface area contributed by atoms with Crippen LogP contribution >= 0.6 is 0 Å². The highest BCUT2D eigenvalue weighted by molar-refractivity contribution is 5.83. The Morgan fingerprint density at radius 1 is 1.21 bits per heavy atom. The van der Waals surface area contributed by atoms with Crippen LogP contribution in [0.4, 0.5) is 15.0 Å². The summed E-state index contributed by atoms with van der Waals surface area (Å²) in [5, 5.41) is 25.0. The quantitative estimate of drug-likeness (QED) is 0.442. The van der Waals surface area contributed by atoms with E-state index in [0.717, 1.165) is 19.3 Å². The van der Waals surface area contributed by atoms with Crippen LogP contribution in [0.2, 0.25) is 0 Å². The fourth-order valence-corrected chi connectivity index (χ4v) is 3.87. The van der Waals surface area contributed by atoms with Crippen LogP contribution in [-0.2, 0) is 4.74 Å². The number of pyridine rings is 1. The van der Waals surface area contributed by atoms with Gasteiger partial charge in [0.2, 0.25) is 0 Å². The van der Waals surface area contributed by atoms with E-state index < -0.39 is 12.3 Å². The number of methoxy groups -OCH3 is 1. The molecule has 2 heterocycles. The first kappa shape index (κ1) is 22.6. The van der Waals surface area contributed by atoms with Gasteiger partial charge in [0.25, 0.3) is 0 Å². The lowest BCUT2D eigenvalue weighted by atomic mass is 10.0. The van der Waals surface area contributed by atoms with Crippen molar-refractivity contribution in [1.29, 1.82) is 0 Å². The van der Waals surface area contributed by atoms with Crippen LogP contribution in [0.1, 0.15) is 31.2 Å². The highest BCUT2D eigenvalue weighted by atomic mass is 19.1. The van der Waals surface area contributed by atoms with E-state index in [1.165, 1.54) is 36.4 Å². The minimum absolute atomic E-state index is 0.0297. The molecule has 0 spiro atoms. The maximum atomic E-state index is 13.1. The van der Waals surface area contributed by atoms with Crippen LogP contribution in [0.5, 0.6) is 5.75 Å². The Bertz CT molecular complexity index is 1060. The minimum Gasteiger partial charge on any atom is -0.493 e. The lowest BCUT2D eigenvalue weighted by Crippen LogP contribution is -2.38. The topological polar surface area (TPSA) is 123 Å². The van der Waals surface area contributed by atoms with Gasteiger partial charge in [-0.15, -0.1) is 4.80 Å². The normalized spacial score (nSPS) is 18.6. The number of carbonyl (C=O) groups is 1. The minimum atomic E-state index is -1.15. The number of hydrogen-bond donors (Lipinski definition) is 3. The third-order valence-electron chi connectivity index (χ3n) is 5.52. The third kappa shape index (κ3) is 5.62. The van der Waals surface area contributed by atoms with Crippen molar-refractivity contribution in [3.8, 4) is 11.4 Å². The van der Waals surface area contributed by atoms with Crippen LogP contribution in [0.25, 0.3) is 5.69 Å². The van der Waals surface area contributed by atoms with E-state index in [9.17, 15) is 14.3 Å². The molecule has 0 aliphatic heterocycles. The maximum absolute atomic E-state index is 13.1. The summed E-state index contributed by atoms with van der Waals surface area (Å²) in [7, 11) is 1.25. The molecular weight excluding hydrogens is 431 g/mol. The number of hydrogen-bond acceptors (Lipinski definition) is 8. The second-order valence-electron chi connectivity index (χ2n) is 7.67. The van der Waals surface area contributed by atoms with Crippen molar-refractivity contribution in [3.63, 3.8) is 0 Å². The molecule has 11 heteroatoms. The fourth-order valence-electron chi connectivity index (χ4n) is 3.87. The Kier molecular flexibility index (Phi) is 7.10. The molecule has 1 unspecified atom stereocenters. The van der Waals surface area contributed by atoms with E-state index in [4.69, 9.17) is 4.74 Å². The number of anilines is 1. The number of aliphatic hydroxyl groups excluding tert-OH is 1. The molecule has 0 radical (unpaired) electrons. The van der Waals surface area contributed by atoms with E-state index >= 15 is 0 Å². The number of ether oxygens (including phenoxy) is 2. The van der Waals surface area contributed by atoms with Crippen molar-refractivity contribution in [3.05, 3.63) is 60.3 Å². The van der Waals surface area contributed by atoms with Crippen LogP contribution in [-0.4, -0.2) is 50.9 Å². The average Bonchev–Trinajstić information content (AvgIpc) is 3.51. The molecule has 1 amide bonds. The molecule has 174 valence electrons. The van der Waals surface area contributed by atoms with Gasteiger partial charge in [-0.3, -0.25) is 10.6 Å². The summed E-state index contributed by atoms with van der Waals surface area (Å²) in [5.74, 6) is 0.645. The number of amides is 1. The SMILES string of the molecule is COC(=O)Nc1ccc(-n2nccn2)c(C(O)N[C@H]2CCC[C@@H]2COc2ccc(F)cc2)n1. The summed E-state index contributed by atoms with van der Waals surface area (Å²) in [5.41, 5.74) is 0.720. The number of halogens is 1. The van der Waals surface area contributed by atoms with Gasteiger partial charge in [0.05, 0.1) is 26.1 Å². The number of aromatic nitrogens is 4. The van der Waals surface area contributed by atoms with Gasteiger partial charge in [0.1, 0.15) is 28.8 Å². The number of benzene rings is 1. The fraction of sp³-hybridized carbons (Fsp3) is 0.364. The first-order valence-electron chi connectivity index (χ1n) is 10.6. The molecule has 1 saturated carbocycles. The smallest absolute Gasteiger partial charge is 0.412 e. The Balaban J connectivity index is 1.48. The number of carbonyl (C=O) groups excluding carboxylic acids is 1. The Morgan fingerprint density at radius 3 is 2.70 bits per heavy atom. The molecule has 33 heavy (non-hydrogen) atoms. The van der Waals surface area contributed by atoms with E-state index in [-0.39, 0.29) is 29.3 Å². The van der Waals surface area contributed by atoms with Crippen LogP contribution in [0, 0.1) is 11.7 Å². The van der Waals surface area contributed by atoms with Crippen molar-refractivity contribution in [2.45, 2.75) is 31.5 Å². The first-order chi connectivity index (χ1) is 16.0. The summed E-state index contributed by atoms with van der Waals surface area (Å²) in [6.45, 7) is 0.432. The number of aliphatic hydroxyl groups is 1. The lowest BCUT2D eigenvalue weighted by molar-refractivity contribution is 0.101. The molecule has 1 fully saturated rings. The van der Waals surface area contributed by atoms with Gasteiger partial charge >= 0.3 is 6.09 Å². The number of nitrogens with one attached hydrogen (secondary N) is 2. The largest absolute Gasteiger partial charge is 0.493 e. The number of rotatable bonds is 8. The maximum Gasteiger partial charge on any atom is 0.412 e. The van der Waals surface area contributed by atoms with Crippen molar-refractivity contribution in [2.24, 2.45) is 5.92 Å². The molecule has 3 atom stereocenters. The summed E-state index contributed by atoms with van der Waals surface area (Å²) in [6, 6.07) is 9.09. The highest BCUT2D eigenvalue weighted by Crippen LogP contribution is 2.29. The van der Waals surface area contributed by atoms with Crippen molar-refractivity contribution in [2.75, 3.05) is 19.0 Å². The molecule has 0 bridgehead atoms. The molecule has 2 aromatic heterocycles. The zero-order valence-electron chi connectivity index (χ0n) is 18.0. The van der Waals surface area contributed by atoms with E-state index in [0.29, 0.717) is 18.0 Å². The Morgan fingerprint density at radius 2 is 1.97 bits per heavy atom. The van der Waals surface area contributed by atoms with Crippen molar-refractivity contribution < 1.29 is 23.8 Å². The molecule has 3 aromatic rings. The molecule has 3 N–H and O–H groups in total. The van der Waals surface area contributed by atoms with Crippen molar-refractivity contribution >= 4 is 11.9 Å². The second-order valence-corrected chi connectivity index (χ2v) is 7.67. The lowest BCUT2D eigenvalue weighted by Gasteiger charge is -2.25. The molecule has 1 aliphatic rings. The highest BCUT2D eigenvalue weighted by Gasteiger charge is 2.31. The predicted octanol–water partition coefficient (Wildman–Crippen LogP) is 2.81. The molecule has 0 saturated heterocycles. The summed E-state index contributed by atoms with van der Waals surface area (Å²) >= 11 is 0. The van der Waals surface area contributed by atoms with Crippen LogP contribution in [0.15, 0.2) is 48.8 Å². The summed E-state index contributed by atoms with van der Waals surface area (Å²) in [4.78, 5) is 17.3. The van der Waals surface area contributed by atoms with Gasteiger partial charge in [-0.25, -0.2) is 14.2 Å². The molecule has 1 aromatic carbocycles. The Hall–Kier alpha value is -3.57. The van der Waals surface area contributed by atoms with E-state index in [2.05, 4.69) is 30.6 Å². The van der Waals surface area contributed by atoms with Gasteiger partial charge in [-0.1, -0.05) is 6.42 Å². The third-order valence-corrected chi connectivity index (χ3v) is 5.52. The van der Waals surface area contributed by atoms with Gasteiger partial charge < -0.3 is 14.6 Å². The second kappa shape index (κ2) is 10.4.